The van der Waals surface area contributed by atoms with Gasteiger partial charge in [0.1, 0.15) is 13.2 Å². The first-order chi connectivity index (χ1) is 22.0. The highest BCUT2D eigenvalue weighted by atomic mass is 16.6. The highest BCUT2D eigenvalue weighted by molar-refractivity contribution is 5.84. The Labute approximate surface area is 272 Å². The molecule has 2 aliphatic carbocycles. The summed E-state index contributed by atoms with van der Waals surface area (Å²) in [6.07, 6.45) is 9.65. The molecule has 0 spiro atoms. The molecule has 0 aromatic carbocycles. The summed E-state index contributed by atoms with van der Waals surface area (Å²) >= 11 is 0. The van der Waals surface area contributed by atoms with Crippen molar-refractivity contribution in [1.82, 2.24) is 0 Å². The van der Waals surface area contributed by atoms with Crippen LogP contribution in [-0.2, 0) is 38.1 Å². The van der Waals surface area contributed by atoms with E-state index in [1.165, 1.54) is 0 Å². The van der Waals surface area contributed by atoms with E-state index >= 15 is 0 Å². The van der Waals surface area contributed by atoms with Crippen molar-refractivity contribution < 1.29 is 58.6 Å². The quantitative estimate of drug-likeness (QED) is 0.0691. The molecule has 2 aliphatic rings. The van der Waals surface area contributed by atoms with Gasteiger partial charge in [-0.05, 0) is 50.4 Å². The lowest BCUT2D eigenvalue weighted by Crippen LogP contribution is -2.41. The molecule has 6 unspecified atom stereocenters. The minimum absolute atomic E-state index is 0.0633. The molecule has 4 N–H and O–H groups in total. The van der Waals surface area contributed by atoms with Crippen molar-refractivity contribution in [3.8, 4) is 0 Å². The van der Waals surface area contributed by atoms with Gasteiger partial charge in [0.15, 0.2) is 0 Å². The Hall–Kier alpha value is -2.80. The molecule has 0 aliphatic heterocycles. The molecule has 12 nitrogen and oxygen atoms in total. The minimum Gasteiger partial charge on any atom is -0.465 e. The van der Waals surface area contributed by atoms with Gasteiger partial charge in [-0.3, -0.25) is 19.2 Å². The molecular weight excluding hydrogens is 600 g/mol. The molecule has 0 amide bonds. The second-order valence-corrected chi connectivity index (χ2v) is 12.9. The molecule has 46 heavy (non-hydrogen) atoms. The van der Waals surface area contributed by atoms with Crippen molar-refractivity contribution in [3.05, 3.63) is 24.3 Å². The summed E-state index contributed by atoms with van der Waals surface area (Å²) in [6, 6.07) is 0. The Kier molecular flexibility index (Phi) is 16.4. The first kappa shape index (κ1) is 39.4. The maximum Gasteiger partial charge on any atom is 0.310 e. The molecule has 0 aromatic rings. The van der Waals surface area contributed by atoms with Crippen molar-refractivity contribution in [1.29, 1.82) is 0 Å². The summed E-state index contributed by atoms with van der Waals surface area (Å²) in [5.74, 6) is -5.74. The van der Waals surface area contributed by atoms with E-state index in [9.17, 15) is 39.6 Å². The minimum atomic E-state index is -0.943. The van der Waals surface area contributed by atoms with Crippen molar-refractivity contribution in [2.75, 3.05) is 52.9 Å². The lowest BCUT2D eigenvalue weighted by atomic mass is 9.76. The van der Waals surface area contributed by atoms with Gasteiger partial charge < -0.3 is 39.4 Å². The van der Waals surface area contributed by atoms with Crippen LogP contribution in [0.15, 0.2) is 24.3 Å². The molecule has 0 heterocycles. The fraction of sp³-hybridized carbons (Fsp3) is 0.765. The lowest BCUT2D eigenvalue weighted by Gasteiger charge is -2.32. The van der Waals surface area contributed by atoms with E-state index < -0.39 is 58.4 Å². The SMILES string of the molecule is CCC(CO)(CO)COC(=O)C1C(C)C=CCC1C(=O)OCCCCOC(=O)C1CC=CC(C)C1C(=O)OCC(CC)(CO)CO. The average molecular weight is 655 g/mol. The van der Waals surface area contributed by atoms with E-state index in [-0.39, 0.29) is 64.7 Å². The third-order valence-corrected chi connectivity index (χ3v) is 9.72. The standard InChI is InChI=1S/C34H54O12/c1-5-33(17-35,18-36)21-45-31(41)27-23(3)11-9-13-25(27)29(39)43-15-7-8-16-44-30(40)26-14-10-12-24(4)28(26)32(42)46-22-34(6-2,19-37)20-38/h9-12,23-28,35-38H,5-8,13-22H2,1-4H3. The Morgan fingerprint density at radius 2 is 0.957 bits per heavy atom. The van der Waals surface area contributed by atoms with Gasteiger partial charge in [-0.15, -0.1) is 0 Å². The molecule has 0 saturated heterocycles. The van der Waals surface area contributed by atoms with Crippen molar-refractivity contribution in [3.63, 3.8) is 0 Å². The number of rotatable bonds is 19. The van der Waals surface area contributed by atoms with Gasteiger partial charge in [0.2, 0.25) is 0 Å². The maximum atomic E-state index is 13.0. The Bertz CT molecular complexity index is 946. The molecule has 12 heteroatoms. The van der Waals surface area contributed by atoms with Gasteiger partial charge in [0.05, 0.1) is 74.1 Å². The molecule has 6 atom stereocenters. The van der Waals surface area contributed by atoms with Crippen LogP contribution in [0.25, 0.3) is 0 Å². The van der Waals surface area contributed by atoms with Crippen LogP contribution >= 0.6 is 0 Å². The summed E-state index contributed by atoms with van der Waals surface area (Å²) < 4.78 is 21.9. The van der Waals surface area contributed by atoms with Crippen LogP contribution in [0, 0.1) is 46.3 Å². The van der Waals surface area contributed by atoms with Crippen LogP contribution in [0.5, 0.6) is 0 Å². The first-order valence-electron chi connectivity index (χ1n) is 16.4. The first-order valence-corrected chi connectivity index (χ1v) is 16.4. The highest BCUT2D eigenvalue weighted by Crippen LogP contribution is 2.35. The number of hydrogen-bond donors (Lipinski definition) is 4. The largest absolute Gasteiger partial charge is 0.465 e. The highest BCUT2D eigenvalue weighted by Gasteiger charge is 2.43. The Balaban J connectivity index is 1.84. The van der Waals surface area contributed by atoms with Crippen molar-refractivity contribution >= 4 is 23.9 Å². The summed E-state index contributed by atoms with van der Waals surface area (Å²) in [6.45, 7) is 5.65. The third-order valence-electron chi connectivity index (χ3n) is 9.72. The van der Waals surface area contributed by atoms with Crippen molar-refractivity contribution in [2.24, 2.45) is 46.3 Å². The van der Waals surface area contributed by atoms with E-state index in [0.717, 1.165) is 0 Å². The Morgan fingerprint density at radius 1 is 0.609 bits per heavy atom. The molecule has 0 aromatic heterocycles. The van der Waals surface area contributed by atoms with Crippen LogP contribution in [0.1, 0.15) is 66.2 Å². The number of aliphatic hydroxyl groups is 4. The molecular formula is C34H54O12. The van der Waals surface area contributed by atoms with Gasteiger partial charge in [-0.1, -0.05) is 52.0 Å². The van der Waals surface area contributed by atoms with Gasteiger partial charge in [-0.25, -0.2) is 0 Å². The van der Waals surface area contributed by atoms with E-state index in [1.807, 2.05) is 38.2 Å². The van der Waals surface area contributed by atoms with E-state index in [2.05, 4.69) is 0 Å². The number of unbranched alkanes of at least 4 members (excludes halogenated alkanes) is 1. The second kappa shape index (κ2) is 19.1. The number of carbonyl (C=O) groups is 4. The normalized spacial score (nSPS) is 24.7. The maximum absolute atomic E-state index is 13.0. The zero-order chi connectivity index (χ0) is 34.3. The van der Waals surface area contributed by atoms with E-state index in [0.29, 0.717) is 38.5 Å². The third kappa shape index (κ3) is 10.4. The van der Waals surface area contributed by atoms with Gasteiger partial charge in [0.25, 0.3) is 0 Å². The smallest absolute Gasteiger partial charge is 0.310 e. The average Bonchev–Trinajstić information content (AvgIpc) is 3.07. The molecule has 0 saturated carbocycles. The predicted molar refractivity (Wildman–Crippen MR) is 167 cm³/mol. The van der Waals surface area contributed by atoms with Crippen LogP contribution < -0.4 is 0 Å². The van der Waals surface area contributed by atoms with Crippen LogP contribution in [-0.4, -0.2) is 97.2 Å². The monoisotopic (exact) mass is 654 g/mol. The zero-order valence-electron chi connectivity index (χ0n) is 27.7. The Morgan fingerprint density at radius 3 is 1.26 bits per heavy atom. The van der Waals surface area contributed by atoms with E-state index in [1.54, 1.807) is 13.8 Å². The topological polar surface area (TPSA) is 186 Å². The number of allylic oxidation sites excluding steroid dienone is 4. The fourth-order valence-electron chi connectivity index (χ4n) is 5.73. The van der Waals surface area contributed by atoms with Crippen LogP contribution in [0.2, 0.25) is 0 Å². The lowest BCUT2D eigenvalue weighted by molar-refractivity contribution is -0.167. The second-order valence-electron chi connectivity index (χ2n) is 12.9. The number of ether oxygens (including phenoxy) is 4. The number of aliphatic hydroxyl groups excluding tert-OH is 4. The summed E-state index contributed by atoms with van der Waals surface area (Å²) in [5, 5.41) is 38.6. The summed E-state index contributed by atoms with van der Waals surface area (Å²) in [4.78, 5) is 52.0. The van der Waals surface area contributed by atoms with Crippen molar-refractivity contribution in [2.45, 2.75) is 66.2 Å². The summed E-state index contributed by atoms with van der Waals surface area (Å²) in [7, 11) is 0. The number of hydrogen-bond acceptors (Lipinski definition) is 12. The molecule has 2 rings (SSSR count). The molecule has 0 radical (unpaired) electrons. The number of esters is 4. The number of carbonyl (C=O) groups excluding carboxylic acids is 4. The van der Waals surface area contributed by atoms with Gasteiger partial charge in [-0.2, -0.15) is 0 Å². The summed E-state index contributed by atoms with van der Waals surface area (Å²) in [5.41, 5.74) is -1.89. The molecule has 0 fully saturated rings. The molecule has 0 bridgehead atoms. The van der Waals surface area contributed by atoms with Gasteiger partial charge in [0, 0.05) is 0 Å². The van der Waals surface area contributed by atoms with E-state index in [4.69, 9.17) is 18.9 Å². The predicted octanol–water partition coefficient (Wildman–Crippen LogP) is 2.36. The van der Waals surface area contributed by atoms with Crippen LogP contribution in [0.3, 0.4) is 0 Å². The van der Waals surface area contributed by atoms with Gasteiger partial charge >= 0.3 is 23.9 Å². The fourth-order valence-corrected chi connectivity index (χ4v) is 5.73. The zero-order valence-corrected chi connectivity index (χ0v) is 27.7. The molecule has 262 valence electrons. The van der Waals surface area contributed by atoms with Crippen LogP contribution in [0.4, 0.5) is 0 Å².